The lowest BCUT2D eigenvalue weighted by Gasteiger charge is -2.24. The van der Waals surface area contributed by atoms with E-state index >= 15 is 0 Å². The predicted octanol–water partition coefficient (Wildman–Crippen LogP) is 2.15. The van der Waals surface area contributed by atoms with Gasteiger partial charge in [-0.3, -0.25) is 4.79 Å². The van der Waals surface area contributed by atoms with Gasteiger partial charge < -0.3 is 10.6 Å². The maximum atomic E-state index is 11.7. The molecule has 0 spiro atoms. The molecule has 3 nitrogen and oxygen atoms in total. The van der Waals surface area contributed by atoms with Crippen LogP contribution in [-0.4, -0.2) is 30.4 Å². The van der Waals surface area contributed by atoms with Gasteiger partial charge in [-0.15, -0.1) is 0 Å². The lowest BCUT2D eigenvalue weighted by atomic mass is 10.1. The fourth-order valence-electron chi connectivity index (χ4n) is 1.56. The Kier molecular flexibility index (Phi) is 8.38. The van der Waals surface area contributed by atoms with E-state index in [4.69, 9.17) is 5.73 Å². The highest BCUT2D eigenvalue weighted by Gasteiger charge is 2.13. The van der Waals surface area contributed by atoms with Crippen LogP contribution in [-0.2, 0) is 4.79 Å². The predicted molar refractivity (Wildman–Crippen MR) is 64.7 cm³/mol. The maximum absolute atomic E-state index is 11.7. The second-order valence-corrected chi connectivity index (χ2v) is 4.24. The van der Waals surface area contributed by atoms with Gasteiger partial charge in [-0.05, 0) is 26.3 Å². The third-order valence-corrected chi connectivity index (χ3v) is 2.88. The van der Waals surface area contributed by atoms with Crippen LogP contribution in [0, 0.1) is 0 Å². The fourth-order valence-corrected chi connectivity index (χ4v) is 1.56. The summed E-state index contributed by atoms with van der Waals surface area (Å²) in [7, 11) is 1.88. The molecule has 0 rings (SSSR count). The zero-order valence-corrected chi connectivity index (χ0v) is 10.5. The van der Waals surface area contributed by atoms with E-state index < -0.39 is 0 Å². The molecule has 0 aromatic heterocycles. The summed E-state index contributed by atoms with van der Waals surface area (Å²) in [4.78, 5) is 13.5. The van der Waals surface area contributed by atoms with Crippen molar-refractivity contribution in [2.45, 2.75) is 58.4 Å². The number of carbonyl (C=O) groups excluding carboxylic acids is 1. The number of rotatable bonds is 8. The van der Waals surface area contributed by atoms with Gasteiger partial charge in [0.05, 0.1) is 0 Å². The second-order valence-electron chi connectivity index (χ2n) is 4.24. The Balaban J connectivity index is 3.68. The first kappa shape index (κ1) is 14.4. The first-order valence-electron chi connectivity index (χ1n) is 6.09. The number of carbonyl (C=O) groups is 1. The molecule has 0 radical (unpaired) electrons. The summed E-state index contributed by atoms with van der Waals surface area (Å²) >= 11 is 0. The molecule has 1 unspecified atom stereocenters. The Bertz CT molecular complexity index is 171. The minimum atomic E-state index is 0.257. The molecule has 3 heteroatoms. The van der Waals surface area contributed by atoms with Gasteiger partial charge >= 0.3 is 0 Å². The Morgan fingerprint density at radius 2 is 2.00 bits per heavy atom. The van der Waals surface area contributed by atoms with Crippen molar-refractivity contribution in [3.63, 3.8) is 0 Å². The summed E-state index contributed by atoms with van der Waals surface area (Å²) in [5.74, 6) is 0.257. The number of nitrogens with zero attached hydrogens (tertiary/aromatic N) is 1. The smallest absolute Gasteiger partial charge is 0.222 e. The van der Waals surface area contributed by atoms with Gasteiger partial charge in [-0.1, -0.05) is 26.2 Å². The highest BCUT2D eigenvalue weighted by molar-refractivity contribution is 5.76. The highest BCUT2D eigenvalue weighted by atomic mass is 16.2. The van der Waals surface area contributed by atoms with Crippen molar-refractivity contribution in [3.05, 3.63) is 0 Å². The SMILES string of the molecule is CCCCCCC(=O)N(C)C(C)CCN. The number of nitrogens with two attached hydrogens (primary N) is 1. The van der Waals surface area contributed by atoms with Crippen LogP contribution in [0.4, 0.5) is 0 Å². The van der Waals surface area contributed by atoms with E-state index in [-0.39, 0.29) is 11.9 Å². The standard InChI is InChI=1S/C12H26N2O/c1-4-5-6-7-8-12(15)14(3)11(2)9-10-13/h11H,4-10,13H2,1-3H3. The van der Waals surface area contributed by atoms with Crippen molar-refractivity contribution >= 4 is 5.91 Å². The van der Waals surface area contributed by atoms with E-state index in [9.17, 15) is 4.79 Å². The molecule has 0 saturated carbocycles. The zero-order chi connectivity index (χ0) is 11.7. The molecule has 0 aliphatic rings. The van der Waals surface area contributed by atoms with Crippen molar-refractivity contribution < 1.29 is 4.79 Å². The van der Waals surface area contributed by atoms with Crippen molar-refractivity contribution in [1.82, 2.24) is 4.90 Å². The Labute approximate surface area is 94.0 Å². The van der Waals surface area contributed by atoms with Crippen LogP contribution < -0.4 is 5.73 Å². The summed E-state index contributed by atoms with van der Waals surface area (Å²) in [5, 5.41) is 0. The molecule has 0 aromatic carbocycles. The number of unbranched alkanes of at least 4 members (excludes halogenated alkanes) is 3. The average molecular weight is 214 g/mol. The molecule has 0 heterocycles. The van der Waals surface area contributed by atoms with E-state index in [1.165, 1.54) is 19.3 Å². The van der Waals surface area contributed by atoms with Crippen molar-refractivity contribution in [1.29, 1.82) is 0 Å². The van der Waals surface area contributed by atoms with Gasteiger partial charge in [-0.25, -0.2) is 0 Å². The molecule has 1 amide bonds. The molecule has 15 heavy (non-hydrogen) atoms. The quantitative estimate of drug-likeness (QED) is 0.629. The summed E-state index contributed by atoms with van der Waals surface area (Å²) in [6.45, 7) is 4.88. The number of hydrogen-bond acceptors (Lipinski definition) is 2. The van der Waals surface area contributed by atoms with Crippen LogP contribution in [0.5, 0.6) is 0 Å². The molecule has 0 saturated heterocycles. The van der Waals surface area contributed by atoms with Gasteiger partial charge in [-0.2, -0.15) is 0 Å². The van der Waals surface area contributed by atoms with Gasteiger partial charge in [0.25, 0.3) is 0 Å². The number of amides is 1. The summed E-state index contributed by atoms with van der Waals surface area (Å²) < 4.78 is 0. The van der Waals surface area contributed by atoms with Gasteiger partial charge in [0.1, 0.15) is 0 Å². The average Bonchev–Trinajstić information content (AvgIpc) is 2.23. The van der Waals surface area contributed by atoms with Gasteiger partial charge in [0.15, 0.2) is 0 Å². The molecule has 90 valence electrons. The Morgan fingerprint density at radius 3 is 2.53 bits per heavy atom. The van der Waals surface area contributed by atoms with Crippen molar-refractivity contribution in [3.8, 4) is 0 Å². The lowest BCUT2D eigenvalue weighted by Crippen LogP contribution is -2.36. The van der Waals surface area contributed by atoms with Crippen molar-refractivity contribution in [2.24, 2.45) is 5.73 Å². The minimum absolute atomic E-state index is 0.257. The second kappa shape index (κ2) is 8.72. The molecular formula is C12H26N2O. The summed E-state index contributed by atoms with van der Waals surface area (Å²) in [6.07, 6.45) is 6.21. The Morgan fingerprint density at radius 1 is 1.33 bits per heavy atom. The minimum Gasteiger partial charge on any atom is -0.343 e. The molecule has 0 aliphatic carbocycles. The topological polar surface area (TPSA) is 46.3 Å². The van der Waals surface area contributed by atoms with E-state index in [0.717, 1.165) is 12.8 Å². The summed E-state index contributed by atoms with van der Waals surface area (Å²) in [6, 6.07) is 0.272. The normalized spacial score (nSPS) is 12.5. The van der Waals surface area contributed by atoms with Gasteiger partial charge in [0.2, 0.25) is 5.91 Å². The first-order valence-corrected chi connectivity index (χ1v) is 6.09. The molecular weight excluding hydrogens is 188 g/mol. The third kappa shape index (κ3) is 6.50. The monoisotopic (exact) mass is 214 g/mol. The van der Waals surface area contributed by atoms with Crippen molar-refractivity contribution in [2.75, 3.05) is 13.6 Å². The lowest BCUT2D eigenvalue weighted by molar-refractivity contribution is -0.131. The van der Waals surface area contributed by atoms with Crippen LogP contribution in [0.3, 0.4) is 0 Å². The zero-order valence-electron chi connectivity index (χ0n) is 10.5. The fraction of sp³-hybridized carbons (Fsp3) is 0.917. The van der Waals surface area contributed by atoms with Crippen LogP contribution >= 0.6 is 0 Å². The molecule has 0 aliphatic heterocycles. The summed E-state index contributed by atoms with van der Waals surface area (Å²) in [5.41, 5.74) is 5.47. The molecule has 1 atom stereocenters. The molecule has 0 fully saturated rings. The number of hydrogen-bond donors (Lipinski definition) is 1. The van der Waals surface area contributed by atoms with E-state index in [1.54, 1.807) is 0 Å². The van der Waals surface area contributed by atoms with Gasteiger partial charge in [0, 0.05) is 19.5 Å². The molecule has 0 bridgehead atoms. The van der Waals surface area contributed by atoms with Crippen LogP contribution in [0.2, 0.25) is 0 Å². The van der Waals surface area contributed by atoms with Crippen LogP contribution in [0.15, 0.2) is 0 Å². The molecule has 0 aromatic rings. The maximum Gasteiger partial charge on any atom is 0.222 e. The largest absolute Gasteiger partial charge is 0.343 e. The third-order valence-electron chi connectivity index (χ3n) is 2.88. The van der Waals surface area contributed by atoms with Crippen LogP contribution in [0.1, 0.15) is 52.4 Å². The highest BCUT2D eigenvalue weighted by Crippen LogP contribution is 2.07. The van der Waals surface area contributed by atoms with E-state index in [1.807, 2.05) is 11.9 Å². The molecule has 2 N–H and O–H groups in total. The van der Waals surface area contributed by atoms with Crippen LogP contribution in [0.25, 0.3) is 0 Å². The first-order chi connectivity index (χ1) is 7.13. The Hall–Kier alpha value is -0.570. The van der Waals surface area contributed by atoms with E-state index in [0.29, 0.717) is 13.0 Å². The van der Waals surface area contributed by atoms with E-state index in [2.05, 4.69) is 13.8 Å².